The number of carbonyl (C=O) groups is 1. The van der Waals surface area contributed by atoms with Gasteiger partial charge in [0, 0.05) is 25.5 Å². The molecule has 37 heavy (non-hydrogen) atoms. The van der Waals surface area contributed by atoms with E-state index in [1.54, 1.807) is 35.5 Å². The van der Waals surface area contributed by atoms with E-state index in [0.29, 0.717) is 41.4 Å². The molecular weight excluding hydrogens is 470 g/mol. The molecule has 11 heteroatoms. The van der Waals surface area contributed by atoms with Crippen LogP contribution in [0.1, 0.15) is 22.7 Å². The molecule has 1 unspecified atom stereocenters. The van der Waals surface area contributed by atoms with Gasteiger partial charge in [-0.1, -0.05) is 30.3 Å². The number of furan rings is 1. The third-order valence-electron chi connectivity index (χ3n) is 6.72. The zero-order valence-electron chi connectivity index (χ0n) is 19.6. The van der Waals surface area contributed by atoms with Crippen molar-refractivity contribution in [2.45, 2.75) is 19.0 Å². The molecule has 1 aliphatic heterocycles. The molecule has 0 spiro atoms. The number of hydrogen-bond donors (Lipinski definition) is 1. The van der Waals surface area contributed by atoms with Crippen molar-refractivity contribution >= 4 is 28.5 Å². The van der Waals surface area contributed by atoms with Crippen LogP contribution in [0.3, 0.4) is 0 Å². The van der Waals surface area contributed by atoms with Crippen molar-refractivity contribution < 1.29 is 9.21 Å². The Morgan fingerprint density at radius 1 is 1.00 bits per heavy atom. The van der Waals surface area contributed by atoms with Crippen LogP contribution in [0.5, 0.6) is 0 Å². The minimum atomic E-state index is -0.737. The molecule has 6 heterocycles. The summed E-state index contributed by atoms with van der Waals surface area (Å²) in [5.41, 5.74) is 10.3. The molecule has 5 aromatic heterocycles. The maximum atomic E-state index is 14.1. The number of rotatable bonds is 4. The zero-order chi connectivity index (χ0) is 24.9. The second-order valence-corrected chi connectivity index (χ2v) is 8.91. The Morgan fingerprint density at radius 3 is 2.73 bits per heavy atom. The first-order valence-electron chi connectivity index (χ1n) is 11.9. The maximum Gasteiger partial charge on any atom is 0.252 e. The molecule has 1 aliphatic rings. The predicted octanol–water partition coefficient (Wildman–Crippen LogP) is 2.89. The fraction of sp³-hybridized carbons (Fsp3) is 0.154. The van der Waals surface area contributed by atoms with Crippen molar-refractivity contribution in [3.8, 4) is 11.6 Å². The van der Waals surface area contributed by atoms with Gasteiger partial charge in [-0.2, -0.15) is 14.6 Å². The van der Waals surface area contributed by atoms with Crippen LogP contribution < -0.4 is 5.73 Å². The van der Waals surface area contributed by atoms with Crippen LogP contribution in [-0.2, 0) is 17.8 Å². The number of nitrogens with zero attached hydrogens (tertiary/aromatic N) is 8. The minimum absolute atomic E-state index is 0.0799. The molecule has 0 saturated heterocycles. The quantitative estimate of drug-likeness (QED) is 0.398. The zero-order valence-corrected chi connectivity index (χ0v) is 19.6. The first-order chi connectivity index (χ1) is 18.2. The van der Waals surface area contributed by atoms with E-state index in [4.69, 9.17) is 10.2 Å². The van der Waals surface area contributed by atoms with Gasteiger partial charge in [-0.25, -0.2) is 9.67 Å². The Bertz CT molecular complexity index is 1760. The summed E-state index contributed by atoms with van der Waals surface area (Å²) in [6, 6.07) is 14.4. The molecule has 7 rings (SSSR count). The molecule has 11 nitrogen and oxygen atoms in total. The Labute approximate surface area is 210 Å². The molecule has 182 valence electrons. The Hall–Kier alpha value is -5.06. The van der Waals surface area contributed by atoms with E-state index in [1.165, 1.54) is 10.1 Å². The number of pyridine rings is 1. The summed E-state index contributed by atoms with van der Waals surface area (Å²) in [7, 11) is 0. The number of nitrogen functional groups attached to an aromatic ring is 1. The van der Waals surface area contributed by atoms with Crippen molar-refractivity contribution in [2.24, 2.45) is 0 Å². The summed E-state index contributed by atoms with van der Waals surface area (Å²) < 4.78 is 8.54. The number of aromatic nitrogens is 7. The third-order valence-corrected chi connectivity index (χ3v) is 6.72. The molecule has 0 bridgehead atoms. The highest BCUT2D eigenvalue weighted by atomic mass is 16.3. The second kappa shape index (κ2) is 8.26. The normalized spacial score (nSPS) is 14.2. The van der Waals surface area contributed by atoms with Gasteiger partial charge in [0.25, 0.3) is 5.91 Å². The molecule has 1 aromatic carbocycles. The standard InChI is InChI=1S/C26H21N9O2/c27-26-31-24-19(23-30-22(32-35(23)26)20-7-4-12-37-20)14-29-34(24)21(17-5-2-1-3-6-17)25(36)33-11-9-16-8-10-28-13-18(16)15-33/h1-8,10,12-14,21H,9,11,15H2,(H2,27,31). The number of hydrogen-bond acceptors (Lipinski definition) is 8. The fourth-order valence-corrected chi connectivity index (χ4v) is 4.89. The topological polar surface area (TPSA) is 133 Å². The van der Waals surface area contributed by atoms with Crippen LogP contribution >= 0.6 is 0 Å². The summed E-state index contributed by atoms with van der Waals surface area (Å²) in [5.74, 6) is 0.950. The van der Waals surface area contributed by atoms with Crippen LogP contribution in [0.25, 0.3) is 28.3 Å². The average Bonchev–Trinajstić information content (AvgIpc) is 3.70. The second-order valence-electron chi connectivity index (χ2n) is 8.91. The first kappa shape index (κ1) is 21.2. The lowest BCUT2D eigenvalue weighted by atomic mass is 10.00. The van der Waals surface area contributed by atoms with Crippen LogP contribution in [0, 0.1) is 0 Å². The SMILES string of the molecule is Nc1nc2c(cnn2C(C(=O)N2CCc3ccncc3C2)c2ccccc2)c2nc(-c3ccco3)nn12. The number of fused-ring (bicyclic) bond motifs is 4. The van der Waals surface area contributed by atoms with E-state index in [2.05, 4.69) is 25.1 Å². The molecule has 0 fully saturated rings. The van der Waals surface area contributed by atoms with Crippen molar-refractivity contribution in [1.29, 1.82) is 0 Å². The van der Waals surface area contributed by atoms with Gasteiger partial charge in [0.05, 0.1) is 17.8 Å². The van der Waals surface area contributed by atoms with E-state index in [0.717, 1.165) is 17.5 Å². The van der Waals surface area contributed by atoms with Crippen molar-refractivity contribution in [3.63, 3.8) is 0 Å². The molecular formula is C26H21N9O2. The van der Waals surface area contributed by atoms with E-state index in [9.17, 15) is 4.79 Å². The summed E-state index contributed by atoms with van der Waals surface area (Å²) in [6.45, 7) is 1.09. The highest BCUT2D eigenvalue weighted by molar-refractivity contribution is 5.92. The summed E-state index contributed by atoms with van der Waals surface area (Å²) in [4.78, 5) is 29.4. The number of anilines is 1. The van der Waals surface area contributed by atoms with Gasteiger partial charge in [-0.05, 0) is 41.3 Å². The van der Waals surface area contributed by atoms with Crippen molar-refractivity contribution in [1.82, 2.24) is 39.2 Å². The van der Waals surface area contributed by atoms with E-state index < -0.39 is 6.04 Å². The van der Waals surface area contributed by atoms with Gasteiger partial charge in [-0.3, -0.25) is 9.78 Å². The fourth-order valence-electron chi connectivity index (χ4n) is 4.89. The van der Waals surface area contributed by atoms with Crippen LogP contribution in [-0.4, -0.2) is 51.7 Å². The van der Waals surface area contributed by atoms with E-state index in [1.807, 2.05) is 47.5 Å². The molecule has 0 radical (unpaired) electrons. The number of nitrogens with two attached hydrogens (primary N) is 1. The van der Waals surface area contributed by atoms with E-state index in [-0.39, 0.29) is 11.9 Å². The first-order valence-corrected chi connectivity index (χ1v) is 11.9. The van der Waals surface area contributed by atoms with Crippen LogP contribution in [0.2, 0.25) is 0 Å². The molecule has 0 aliphatic carbocycles. The molecule has 2 N–H and O–H groups in total. The molecule has 0 saturated carbocycles. The van der Waals surface area contributed by atoms with Crippen LogP contribution in [0.4, 0.5) is 5.95 Å². The lowest BCUT2D eigenvalue weighted by Gasteiger charge is -2.32. The van der Waals surface area contributed by atoms with Gasteiger partial charge in [-0.15, -0.1) is 5.10 Å². The van der Waals surface area contributed by atoms with E-state index >= 15 is 0 Å². The average molecular weight is 492 g/mol. The predicted molar refractivity (Wildman–Crippen MR) is 134 cm³/mol. The highest BCUT2D eigenvalue weighted by Gasteiger charge is 2.32. The lowest BCUT2D eigenvalue weighted by molar-refractivity contribution is -0.134. The van der Waals surface area contributed by atoms with Crippen LogP contribution in [0.15, 0.2) is 77.8 Å². The molecule has 1 atom stereocenters. The van der Waals surface area contributed by atoms with Gasteiger partial charge in [0.2, 0.25) is 11.8 Å². The molecule has 1 amide bonds. The maximum absolute atomic E-state index is 14.1. The summed E-state index contributed by atoms with van der Waals surface area (Å²) >= 11 is 0. The largest absolute Gasteiger partial charge is 0.461 e. The Morgan fingerprint density at radius 2 is 1.89 bits per heavy atom. The summed E-state index contributed by atoms with van der Waals surface area (Å²) in [6.07, 6.45) is 7.60. The summed E-state index contributed by atoms with van der Waals surface area (Å²) in [5, 5.41) is 9.71. The Balaban J connectivity index is 1.36. The monoisotopic (exact) mass is 491 g/mol. The number of benzene rings is 1. The highest BCUT2D eigenvalue weighted by Crippen LogP contribution is 2.30. The Kier molecular flexibility index (Phi) is 4.74. The van der Waals surface area contributed by atoms with Crippen molar-refractivity contribution in [3.05, 3.63) is 90.1 Å². The number of carbonyl (C=O) groups excluding carboxylic acids is 1. The number of amides is 1. The lowest BCUT2D eigenvalue weighted by Crippen LogP contribution is -2.41. The van der Waals surface area contributed by atoms with Gasteiger partial charge >= 0.3 is 0 Å². The smallest absolute Gasteiger partial charge is 0.252 e. The van der Waals surface area contributed by atoms with Crippen molar-refractivity contribution in [2.75, 3.05) is 12.3 Å². The van der Waals surface area contributed by atoms with Gasteiger partial charge < -0.3 is 15.1 Å². The third kappa shape index (κ3) is 3.43. The van der Waals surface area contributed by atoms with Gasteiger partial charge in [0.15, 0.2) is 23.1 Å². The minimum Gasteiger partial charge on any atom is -0.461 e. The van der Waals surface area contributed by atoms with Gasteiger partial charge in [0.1, 0.15) is 0 Å². The molecule has 6 aromatic rings.